The molecule has 2 aliphatic heterocycles. The summed E-state index contributed by atoms with van der Waals surface area (Å²) in [7, 11) is 1.96. The average Bonchev–Trinajstić information content (AvgIpc) is 3.06. The number of thioether (sulfide) groups is 1. The summed E-state index contributed by atoms with van der Waals surface area (Å²) in [5, 5.41) is 8.01. The number of hydrogen-bond acceptors (Lipinski definition) is 4. The molecule has 2 aliphatic rings. The SMILES string of the molecule is Cn1cc([C@@H]2OCC[C@H]2CNC2CCSCC2)cn1. The zero-order valence-corrected chi connectivity index (χ0v) is 12.4. The highest BCUT2D eigenvalue weighted by atomic mass is 32.2. The van der Waals surface area contributed by atoms with Crippen molar-refractivity contribution >= 4 is 11.8 Å². The first-order valence-electron chi connectivity index (χ1n) is 7.24. The minimum atomic E-state index is 0.235. The van der Waals surface area contributed by atoms with Gasteiger partial charge < -0.3 is 10.1 Å². The number of aromatic nitrogens is 2. The van der Waals surface area contributed by atoms with Gasteiger partial charge in [0.05, 0.1) is 12.3 Å². The Morgan fingerprint density at radius 2 is 2.26 bits per heavy atom. The first-order chi connectivity index (χ1) is 9.33. The van der Waals surface area contributed by atoms with Gasteiger partial charge in [-0.3, -0.25) is 4.68 Å². The molecule has 0 unspecified atom stereocenters. The molecular weight excluding hydrogens is 258 g/mol. The quantitative estimate of drug-likeness (QED) is 0.916. The lowest BCUT2D eigenvalue weighted by molar-refractivity contribution is 0.0896. The zero-order valence-electron chi connectivity index (χ0n) is 11.5. The van der Waals surface area contributed by atoms with Crippen LogP contribution in [-0.2, 0) is 11.8 Å². The highest BCUT2D eigenvalue weighted by Gasteiger charge is 2.30. The molecule has 4 nitrogen and oxygen atoms in total. The Morgan fingerprint density at radius 1 is 1.42 bits per heavy atom. The topological polar surface area (TPSA) is 39.1 Å². The molecule has 1 N–H and O–H groups in total. The van der Waals surface area contributed by atoms with E-state index in [2.05, 4.69) is 28.4 Å². The Labute approximate surface area is 119 Å². The Bertz CT molecular complexity index is 403. The van der Waals surface area contributed by atoms with Crippen molar-refractivity contribution in [3.8, 4) is 0 Å². The molecule has 0 aliphatic carbocycles. The smallest absolute Gasteiger partial charge is 0.0896 e. The molecule has 0 radical (unpaired) electrons. The number of nitrogens with one attached hydrogen (secondary N) is 1. The minimum Gasteiger partial charge on any atom is -0.373 e. The maximum absolute atomic E-state index is 5.91. The van der Waals surface area contributed by atoms with Crippen LogP contribution in [0.1, 0.15) is 30.9 Å². The van der Waals surface area contributed by atoms with E-state index in [-0.39, 0.29) is 6.10 Å². The zero-order chi connectivity index (χ0) is 13.1. The fourth-order valence-corrected chi connectivity index (χ4v) is 4.12. The van der Waals surface area contributed by atoms with Crippen molar-refractivity contribution in [2.75, 3.05) is 24.7 Å². The summed E-state index contributed by atoms with van der Waals surface area (Å²) in [6.07, 6.45) is 8.05. The van der Waals surface area contributed by atoms with Crippen LogP contribution in [0.4, 0.5) is 0 Å². The third-order valence-electron chi connectivity index (χ3n) is 4.16. The number of nitrogens with zero attached hydrogens (tertiary/aromatic N) is 2. The second kappa shape index (κ2) is 6.29. The van der Waals surface area contributed by atoms with Crippen molar-refractivity contribution < 1.29 is 4.74 Å². The van der Waals surface area contributed by atoms with Gasteiger partial charge in [-0.25, -0.2) is 0 Å². The van der Waals surface area contributed by atoms with Crippen LogP contribution in [-0.4, -0.2) is 40.5 Å². The lowest BCUT2D eigenvalue weighted by atomic mass is 9.96. The molecule has 0 amide bonds. The van der Waals surface area contributed by atoms with E-state index in [4.69, 9.17) is 4.74 Å². The van der Waals surface area contributed by atoms with E-state index in [1.165, 1.54) is 29.9 Å². The number of hydrogen-bond donors (Lipinski definition) is 1. The van der Waals surface area contributed by atoms with Crippen LogP contribution in [0.25, 0.3) is 0 Å². The van der Waals surface area contributed by atoms with E-state index in [9.17, 15) is 0 Å². The minimum absolute atomic E-state index is 0.235. The molecule has 106 valence electrons. The second-order valence-electron chi connectivity index (χ2n) is 5.58. The van der Waals surface area contributed by atoms with E-state index in [0.29, 0.717) is 5.92 Å². The summed E-state index contributed by atoms with van der Waals surface area (Å²) in [6.45, 7) is 1.96. The van der Waals surface area contributed by atoms with Crippen LogP contribution in [0.2, 0.25) is 0 Å². The third-order valence-corrected chi connectivity index (χ3v) is 5.21. The molecule has 19 heavy (non-hydrogen) atoms. The van der Waals surface area contributed by atoms with Gasteiger partial charge in [-0.15, -0.1) is 0 Å². The molecule has 1 aromatic rings. The highest BCUT2D eigenvalue weighted by Crippen LogP contribution is 2.34. The van der Waals surface area contributed by atoms with Crippen molar-refractivity contribution in [3.05, 3.63) is 18.0 Å². The van der Waals surface area contributed by atoms with E-state index >= 15 is 0 Å². The monoisotopic (exact) mass is 281 g/mol. The average molecular weight is 281 g/mol. The van der Waals surface area contributed by atoms with Crippen LogP contribution in [0, 0.1) is 5.92 Å². The molecule has 5 heteroatoms. The summed E-state index contributed by atoms with van der Waals surface area (Å²) in [4.78, 5) is 0. The van der Waals surface area contributed by atoms with Gasteiger partial charge >= 0.3 is 0 Å². The maximum Gasteiger partial charge on any atom is 0.0896 e. The molecule has 1 aromatic heterocycles. The van der Waals surface area contributed by atoms with Gasteiger partial charge in [-0.2, -0.15) is 16.9 Å². The van der Waals surface area contributed by atoms with Gasteiger partial charge in [0.2, 0.25) is 0 Å². The number of ether oxygens (including phenoxy) is 1. The molecule has 0 aromatic carbocycles. The molecule has 0 spiro atoms. The van der Waals surface area contributed by atoms with Crippen molar-refractivity contribution in [2.24, 2.45) is 13.0 Å². The highest BCUT2D eigenvalue weighted by molar-refractivity contribution is 7.99. The van der Waals surface area contributed by atoms with Crippen molar-refractivity contribution in [1.82, 2.24) is 15.1 Å². The van der Waals surface area contributed by atoms with Gasteiger partial charge in [0.25, 0.3) is 0 Å². The Morgan fingerprint density at radius 3 is 3.00 bits per heavy atom. The predicted molar refractivity (Wildman–Crippen MR) is 78.4 cm³/mol. The summed E-state index contributed by atoms with van der Waals surface area (Å²) in [6, 6.07) is 0.719. The largest absolute Gasteiger partial charge is 0.373 e. The first kappa shape index (κ1) is 13.5. The number of aryl methyl sites for hydroxylation is 1. The lowest BCUT2D eigenvalue weighted by Crippen LogP contribution is -2.36. The molecule has 0 saturated carbocycles. The third kappa shape index (κ3) is 3.33. The predicted octanol–water partition coefficient (Wildman–Crippen LogP) is 1.98. The van der Waals surface area contributed by atoms with Crippen LogP contribution in [0.15, 0.2) is 12.4 Å². The molecule has 3 heterocycles. The first-order valence-corrected chi connectivity index (χ1v) is 8.39. The Kier molecular flexibility index (Phi) is 4.45. The fourth-order valence-electron chi connectivity index (χ4n) is 3.02. The number of rotatable bonds is 4. The second-order valence-corrected chi connectivity index (χ2v) is 6.81. The normalized spacial score (nSPS) is 28.9. The van der Waals surface area contributed by atoms with Crippen LogP contribution in [0.5, 0.6) is 0 Å². The summed E-state index contributed by atoms with van der Waals surface area (Å²) in [5.41, 5.74) is 1.23. The molecule has 0 bridgehead atoms. The van der Waals surface area contributed by atoms with Crippen molar-refractivity contribution in [3.63, 3.8) is 0 Å². The van der Waals surface area contributed by atoms with Gasteiger partial charge in [0.15, 0.2) is 0 Å². The van der Waals surface area contributed by atoms with Crippen LogP contribution >= 0.6 is 11.8 Å². The molecule has 2 fully saturated rings. The van der Waals surface area contributed by atoms with Gasteiger partial charge in [-0.1, -0.05) is 0 Å². The van der Waals surface area contributed by atoms with Crippen molar-refractivity contribution in [2.45, 2.75) is 31.4 Å². The Balaban J connectivity index is 1.54. The maximum atomic E-state index is 5.91. The summed E-state index contributed by atoms with van der Waals surface area (Å²) in [5.74, 6) is 3.22. The van der Waals surface area contributed by atoms with Gasteiger partial charge in [0, 0.05) is 43.9 Å². The van der Waals surface area contributed by atoms with Gasteiger partial charge in [-0.05, 0) is 30.8 Å². The molecule has 3 rings (SSSR count). The van der Waals surface area contributed by atoms with E-state index in [0.717, 1.165) is 25.6 Å². The molecule has 2 saturated heterocycles. The summed E-state index contributed by atoms with van der Waals surface area (Å²) >= 11 is 2.08. The van der Waals surface area contributed by atoms with Crippen LogP contribution < -0.4 is 5.32 Å². The van der Waals surface area contributed by atoms with E-state index in [1.54, 1.807) is 0 Å². The molecule has 2 atom stereocenters. The van der Waals surface area contributed by atoms with E-state index in [1.807, 2.05) is 17.9 Å². The Hall–Kier alpha value is -0.520. The molecular formula is C14H23N3OS. The lowest BCUT2D eigenvalue weighted by Gasteiger charge is -2.25. The van der Waals surface area contributed by atoms with Crippen LogP contribution in [0.3, 0.4) is 0 Å². The van der Waals surface area contributed by atoms with Gasteiger partial charge in [0.1, 0.15) is 0 Å². The standard InChI is InChI=1S/C14H23N3OS/c1-17-10-12(9-16-17)14-11(2-5-18-14)8-15-13-3-6-19-7-4-13/h9-11,13-15H,2-8H2,1H3/t11-,14+/m0/s1. The summed E-state index contributed by atoms with van der Waals surface area (Å²) < 4.78 is 7.77. The van der Waals surface area contributed by atoms with E-state index < -0.39 is 0 Å². The fraction of sp³-hybridized carbons (Fsp3) is 0.786. The van der Waals surface area contributed by atoms with Crippen molar-refractivity contribution in [1.29, 1.82) is 0 Å².